The van der Waals surface area contributed by atoms with Gasteiger partial charge in [0.15, 0.2) is 0 Å². The average Bonchev–Trinajstić information content (AvgIpc) is 3.05. The SMILES string of the molecule is CCOC(=O)CCSP(=S)(OC(C)C)OC(C)CSP(=S)(OC(C)CSP(=S)(OCC(C)C)OCC(C)C)OC(C)CSP(=S)(OCC(C)C)OCC(C)C. The molecule has 0 N–H and O–H groups in total. The Labute approximate surface area is 371 Å². The van der Waals surface area contributed by atoms with E-state index in [4.69, 9.17) is 88.2 Å². The van der Waals surface area contributed by atoms with Crippen molar-refractivity contribution in [2.45, 2.75) is 128 Å². The minimum Gasteiger partial charge on any atom is -0.466 e. The molecule has 0 saturated carbocycles. The van der Waals surface area contributed by atoms with E-state index in [2.05, 4.69) is 55.4 Å². The van der Waals surface area contributed by atoms with Gasteiger partial charge in [0.25, 0.3) is 0 Å². The molecule has 10 nitrogen and oxygen atoms in total. The maximum absolute atomic E-state index is 12.0. The minimum atomic E-state index is -3.00. The van der Waals surface area contributed by atoms with E-state index in [1.165, 1.54) is 45.5 Å². The number of ether oxygens (including phenoxy) is 1. The van der Waals surface area contributed by atoms with Gasteiger partial charge < -0.3 is 40.9 Å². The Morgan fingerprint density at radius 1 is 0.491 bits per heavy atom. The molecule has 0 aromatic heterocycles. The fourth-order valence-corrected chi connectivity index (χ4v) is 23.9. The van der Waals surface area contributed by atoms with Gasteiger partial charge in [-0.2, -0.15) is 0 Å². The third kappa shape index (κ3) is 30.8. The quantitative estimate of drug-likeness (QED) is 0.0451. The van der Waals surface area contributed by atoms with Gasteiger partial charge in [-0.1, -0.05) is 101 Å². The first kappa shape index (κ1) is 58.1. The summed E-state index contributed by atoms with van der Waals surface area (Å²) in [5.41, 5.74) is -11.1. The number of carbonyl (C=O) groups is 1. The number of hydrogen-bond donors (Lipinski definition) is 0. The molecular weight excluding hydrogens is 937 g/mol. The standard InChI is InChI=1S/C33H70O10P4S8/c1-15-35-33(34)16-17-52-46(50,40-29(10)11)41-32(14)24-55-47(51,42-30(12)22-53-44(48,36-18-25(2)3)37-19-26(4)5)43-31(13)23-54-45(49,38-20-27(6)7)39-21-28(8)9/h25-32H,15-24H2,1-14H3. The summed E-state index contributed by atoms with van der Waals surface area (Å²) in [6.45, 7) is 30.6. The second-order valence-electron chi connectivity index (χ2n) is 14.7. The van der Waals surface area contributed by atoms with Crippen LogP contribution in [0.15, 0.2) is 0 Å². The van der Waals surface area contributed by atoms with Gasteiger partial charge in [-0.15, -0.1) is 0 Å². The first-order chi connectivity index (χ1) is 25.3. The predicted molar refractivity (Wildman–Crippen MR) is 259 cm³/mol. The summed E-state index contributed by atoms with van der Waals surface area (Å²) in [6.07, 6.45) is -0.939. The Morgan fingerprint density at radius 3 is 1.09 bits per heavy atom. The number of carbonyl (C=O) groups excluding carboxylic acids is 1. The summed E-state index contributed by atoms with van der Waals surface area (Å²) in [6, 6.07) is 0. The van der Waals surface area contributed by atoms with Crippen molar-refractivity contribution in [2.24, 2.45) is 23.7 Å². The molecule has 0 amide bonds. The van der Waals surface area contributed by atoms with Gasteiger partial charge >= 0.3 is 5.97 Å². The van der Waals surface area contributed by atoms with Gasteiger partial charge in [0.05, 0.1) is 63.9 Å². The van der Waals surface area contributed by atoms with Gasteiger partial charge in [0.1, 0.15) is 0 Å². The molecule has 0 fully saturated rings. The van der Waals surface area contributed by atoms with Crippen molar-refractivity contribution in [2.75, 3.05) is 56.0 Å². The first-order valence-electron chi connectivity index (χ1n) is 18.8. The number of rotatable bonds is 34. The Morgan fingerprint density at radius 2 is 0.800 bits per heavy atom. The lowest BCUT2D eigenvalue weighted by atomic mass is 10.2. The average molecular weight is 1010 g/mol. The van der Waals surface area contributed by atoms with Crippen LogP contribution in [0, 0.1) is 23.7 Å². The Kier molecular flexibility index (Phi) is 32.0. The molecule has 0 aromatic rings. The topological polar surface area (TPSA) is 100 Å². The molecule has 330 valence electrons. The molecule has 55 heavy (non-hydrogen) atoms. The van der Waals surface area contributed by atoms with Crippen molar-refractivity contribution < 1.29 is 45.7 Å². The Balaban J connectivity index is 6.10. The van der Waals surface area contributed by atoms with E-state index in [9.17, 15) is 4.79 Å². The van der Waals surface area contributed by atoms with E-state index in [1.54, 1.807) is 6.92 Å². The lowest BCUT2D eigenvalue weighted by Crippen LogP contribution is -2.17. The van der Waals surface area contributed by atoms with E-state index in [0.717, 1.165) is 0 Å². The maximum Gasteiger partial charge on any atom is 0.306 e. The van der Waals surface area contributed by atoms with Gasteiger partial charge in [-0.3, -0.25) is 4.79 Å². The van der Waals surface area contributed by atoms with Crippen LogP contribution in [-0.4, -0.2) is 86.4 Å². The molecule has 0 spiro atoms. The van der Waals surface area contributed by atoms with Crippen molar-refractivity contribution in [1.29, 1.82) is 0 Å². The summed E-state index contributed by atoms with van der Waals surface area (Å²) >= 11 is 29.8. The van der Waals surface area contributed by atoms with Crippen LogP contribution in [-0.2, 0) is 92.9 Å². The first-order valence-corrected chi connectivity index (χ1v) is 35.7. The van der Waals surface area contributed by atoms with Gasteiger partial charge in [-0.25, -0.2) is 0 Å². The normalized spacial score (nSPS) is 16.9. The lowest BCUT2D eigenvalue weighted by molar-refractivity contribution is -0.142. The Bertz CT molecular complexity index is 1170. The summed E-state index contributed by atoms with van der Waals surface area (Å²) < 4.78 is 55.7. The van der Waals surface area contributed by atoms with E-state index in [1.807, 2.05) is 34.6 Å². The molecule has 0 aromatic carbocycles. The van der Waals surface area contributed by atoms with Crippen LogP contribution in [0.2, 0.25) is 0 Å². The largest absolute Gasteiger partial charge is 0.466 e. The third-order valence-electron chi connectivity index (χ3n) is 5.79. The van der Waals surface area contributed by atoms with Crippen LogP contribution in [0.4, 0.5) is 0 Å². The van der Waals surface area contributed by atoms with Crippen molar-refractivity contribution in [1.82, 2.24) is 0 Å². The molecule has 4 atom stereocenters. The molecular formula is C33H70O10P4S8. The van der Waals surface area contributed by atoms with Crippen molar-refractivity contribution in [3.05, 3.63) is 0 Å². The molecule has 0 heterocycles. The van der Waals surface area contributed by atoms with Crippen molar-refractivity contribution in [3.8, 4) is 0 Å². The maximum atomic E-state index is 12.0. The summed E-state index contributed by atoms with van der Waals surface area (Å²) in [5, 5.41) is 0. The molecule has 0 aliphatic heterocycles. The number of esters is 1. The van der Waals surface area contributed by atoms with E-state index in [0.29, 0.717) is 79.7 Å². The van der Waals surface area contributed by atoms with Crippen LogP contribution in [0.25, 0.3) is 0 Å². The molecule has 4 unspecified atom stereocenters. The van der Waals surface area contributed by atoms with Crippen LogP contribution < -0.4 is 0 Å². The highest BCUT2D eigenvalue weighted by Gasteiger charge is 2.33. The second-order valence-corrected chi connectivity index (χ2v) is 40.0. The van der Waals surface area contributed by atoms with Gasteiger partial charge in [0.2, 0.25) is 22.8 Å². The Hall–Kier alpha value is 3.15. The van der Waals surface area contributed by atoms with E-state index in [-0.39, 0.29) is 36.8 Å². The molecule has 0 saturated heterocycles. The fraction of sp³-hybridized carbons (Fsp3) is 0.970. The molecule has 22 heteroatoms. The van der Waals surface area contributed by atoms with Crippen LogP contribution in [0.5, 0.6) is 0 Å². The monoisotopic (exact) mass is 1010 g/mol. The van der Waals surface area contributed by atoms with Crippen molar-refractivity contribution >= 4 is 121 Å². The molecule has 0 radical (unpaired) electrons. The van der Waals surface area contributed by atoms with Crippen LogP contribution in [0.3, 0.4) is 0 Å². The van der Waals surface area contributed by atoms with Gasteiger partial charge in [-0.05, 0) is 112 Å². The second kappa shape index (κ2) is 30.3. The van der Waals surface area contributed by atoms with E-state index < -0.39 is 22.8 Å². The number of hydrogen-bond acceptors (Lipinski definition) is 18. The lowest BCUT2D eigenvalue weighted by Gasteiger charge is -2.31. The van der Waals surface area contributed by atoms with Gasteiger partial charge in [0, 0.05) is 23.0 Å². The molecule has 0 bridgehead atoms. The minimum absolute atomic E-state index is 0.156. The fourth-order valence-electron chi connectivity index (χ4n) is 3.43. The highest BCUT2D eigenvalue weighted by atomic mass is 32.9. The highest BCUT2D eigenvalue weighted by molar-refractivity contribution is 8.69. The van der Waals surface area contributed by atoms with Crippen LogP contribution in [0.1, 0.15) is 103 Å². The van der Waals surface area contributed by atoms with Crippen molar-refractivity contribution in [3.63, 3.8) is 0 Å². The van der Waals surface area contributed by atoms with Crippen LogP contribution >= 0.6 is 68.3 Å². The summed E-state index contributed by atoms with van der Waals surface area (Å²) in [5.74, 6) is 2.90. The third-order valence-corrected chi connectivity index (χ3v) is 27.8. The zero-order chi connectivity index (χ0) is 42.5. The summed E-state index contributed by atoms with van der Waals surface area (Å²) in [7, 11) is 0. The van der Waals surface area contributed by atoms with E-state index >= 15 is 0 Å². The molecule has 0 aliphatic rings. The molecule has 0 rings (SSSR count). The zero-order valence-electron chi connectivity index (χ0n) is 35.3. The molecule has 0 aliphatic carbocycles. The summed E-state index contributed by atoms with van der Waals surface area (Å²) in [4.78, 5) is 12.0. The predicted octanol–water partition coefficient (Wildman–Crippen LogP) is 13.1. The smallest absolute Gasteiger partial charge is 0.306 e. The zero-order valence-corrected chi connectivity index (χ0v) is 45.4. The highest BCUT2D eigenvalue weighted by Crippen LogP contribution is 2.68.